The van der Waals surface area contributed by atoms with Crippen LogP contribution in [0.2, 0.25) is 0 Å². The topological polar surface area (TPSA) is 76.1 Å². The molecule has 0 fully saturated rings. The molecule has 0 radical (unpaired) electrons. The number of methoxy groups -OCH3 is 2. The smallest absolute Gasteiger partial charge is 0.296 e. The van der Waals surface area contributed by atoms with Gasteiger partial charge in [0.2, 0.25) is 0 Å². The molecule has 1 aliphatic rings. The number of ether oxygens (including phenoxy) is 2. The van der Waals surface area contributed by atoms with Crippen LogP contribution in [0, 0.1) is 0 Å². The highest BCUT2D eigenvalue weighted by Crippen LogP contribution is 2.34. The van der Waals surface area contributed by atoms with Crippen molar-refractivity contribution in [2.75, 3.05) is 20.8 Å². The lowest BCUT2D eigenvalue weighted by molar-refractivity contribution is -0.138. The van der Waals surface area contributed by atoms with Gasteiger partial charge >= 0.3 is 0 Å². The van der Waals surface area contributed by atoms with E-state index < -0.39 is 17.6 Å². The summed E-state index contributed by atoms with van der Waals surface area (Å²) >= 11 is 0. The first-order valence-corrected chi connectivity index (χ1v) is 8.12. The van der Waals surface area contributed by atoms with Crippen LogP contribution in [0.3, 0.4) is 0 Å². The van der Waals surface area contributed by atoms with Gasteiger partial charge < -0.3 is 14.6 Å². The van der Waals surface area contributed by atoms with E-state index in [4.69, 9.17) is 9.47 Å². The summed E-state index contributed by atoms with van der Waals surface area (Å²) in [5, 5.41) is 10.2. The molecule has 2 aromatic carbocycles. The van der Waals surface area contributed by atoms with Crippen molar-refractivity contribution >= 4 is 17.4 Å². The predicted molar refractivity (Wildman–Crippen MR) is 96.0 cm³/mol. The molecular weight excluding hydrogens is 334 g/mol. The third kappa shape index (κ3) is 3.13. The maximum absolute atomic E-state index is 12.7. The molecule has 0 atom stereocenters. The molecule has 0 bridgehead atoms. The summed E-state index contributed by atoms with van der Waals surface area (Å²) < 4.78 is 10.4. The van der Waals surface area contributed by atoms with Crippen LogP contribution in [-0.2, 0) is 16.0 Å². The maximum atomic E-state index is 12.7. The lowest BCUT2D eigenvalue weighted by atomic mass is 10.0. The Labute approximate surface area is 151 Å². The van der Waals surface area contributed by atoms with E-state index in [1.165, 1.54) is 14.2 Å². The zero-order valence-electron chi connectivity index (χ0n) is 14.6. The fourth-order valence-corrected chi connectivity index (χ4v) is 2.90. The molecular formula is C20H19NO5. The number of hydrogen-bond donors (Lipinski definition) is 1. The van der Waals surface area contributed by atoms with E-state index in [-0.39, 0.29) is 12.1 Å². The first-order chi connectivity index (χ1) is 12.6. The second-order valence-electron chi connectivity index (χ2n) is 5.79. The molecule has 2 aromatic rings. The molecule has 0 saturated heterocycles. The van der Waals surface area contributed by atoms with Crippen molar-refractivity contribution in [1.29, 1.82) is 0 Å². The number of amides is 2. The summed E-state index contributed by atoms with van der Waals surface area (Å²) in [6.07, 6.45) is 0.519. The molecule has 0 aromatic heterocycles. The quantitative estimate of drug-likeness (QED) is 0.808. The average Bonchev–Trinajstić information content (AvgIpc) is 2.89. The van der Waals surface area contributed by atoms with E-state index in [1.807, 2.05) is 30.3 Å². The Balaban J connectivity index is 1.85. The summed E-state index contributed by atoms with van der Waals surface area (Å²) in [6.45, 7) is 0.197. The molecule has 6 heteroatoms. The van der Waals surface area contributed by atoms with Crippen molar-refractivity contribution in [2.24, 2.45) is 0 Å². The number of rotatable bonds is 6. The summed E-state index contributed by atoms with van der Waals surface area (Å²) in [6, 6.07) is 14.3. The van der Waals surface area contributed by atoms with Gasteiger partial charge in [-0.25, -0.2) is 0 Å². The predicted octanol–water partition coefficient (Wildman–Crippen LogP) is 2.58. The summed E-state index contributed by atoms with van der Waals surface area (Å²) in [5.74, 6) is -0.844. The van der Waals surface area contributed by atoms with E-state index in [9.17, 15) is 14.7 Å². The van der Waals surface area contributed by atoms with Gasteiger partial charge in [0.15, 0.2) is 17.3 Å². The lowest BCUT2D eigenvalue weighted by Gasteiger charge is -2.14. The van der Waals surface area contributed by atoms with E-state index in [2.05, 4.69) is 0 Å². The van der Waals surface area contributed by atoms with Crippen LogP contribution in [0.4, 0.5) is 0 Å². The summed E-state index contributed by atoms with van der Waals surface area (Å²) in [4.78, 5) is 26.1. The van der Waals surface area contributed by atoms with Crippen molar-refractivity contribution in [3.63, 3.8) is 0 Å². The van der Waals surface area contributed by atoms with Crippen LogP contribution in [0.1, 0.15) is 11.1 Å². The Hall–Kier alpha value is -3.28. The van der Waals surface area contributed by atoms with E-state index in [0.29, 0.717) is 23.5 Å². The number of hydrogen-bond acceptors (Lipinski definition) is 5. The molecule has 134 valence electrons. The van der Waals surface area contributed by atoms with Gasteiger partial charge in [0.25, 0.3) is 11.8 Å². The van der Waals surface area contributed by atoms with E-state index >= 15 is 0 Å². The van der Waals surface area contributed by atoms with Gasteiger partial charge in [-0.05, 0) is 29.7 Å². The van der Waals surface area contributed by atoms with Gasteiger partial charge in [-0.1, -0.05) is 36.4 Å². The number of aliphatic hydroxyl groups excluding tert-OH is 1. The number of nitrogens with zero attached hydrogens (tertiary/aromatic N) is 1. The largest absolute Gasteiger partial charge is 0.502 e. The molecule has 1 heterocycles. The summed E-state index contributed by atoms with van der Waals surface area (Å²) in [5.41, 5.74) is 1.39. The average molecular weight is 353 g/mol. The molecule has 0 unspecified atom stereocenters. The molecule has 2 amide bonds. The number of imide groups is 1. The Morgan fingerprint density at radius 3 is 2.27 bits per heavy atom. The Morgan fingerprint density at radius 2 is 1.62 bits per heavy atom. The van der Waals surface area contributed by atoms with Gasteiger partial charge in [0, 0.05) is 6.54 Å². The second kappa shape index (κ2) is 7.31. The van der Waals surface area contributed by atoms with Gasteiger partial charge in [0.05, 0.1) is 19.8 Å². The van der Waals surface area contributed by atoms with Crippen molar-refractivity contribution < 1.29 is 24.2 Å². The van der Waals surface area contributed by atoms with Gasteiger partial charge in [-0.15, -0.1) is 0 Å². The van der Waals surface area contributed by atoms with Crippen LogP contribution in [0.15, 0.2) is 54.3 Å². The first-order valence-electron chi connectivity index (χ1n) is 8.12. The molecule has 0 saturated carbocycles. The monoisotopic (exact) mass is 353 g/mol. The van der Waals surface area contributed by atoms with Crippen molar-refractivity contribution in [1.82, 2.24) is 4.90 Å². The van der Waals surface area contributed by atoms with Crippen LogP contribution in [0.25, 0.3) is 5.57 Å². The number of carbonyl (C=O) groups excluding carboxylic acids is 2. The fraction of sp³-hybridized carbons (Fsp3) is 0.200. The first kappa shape index (κ1) is 17.5. The minimum Gasteiger partial charge on any atom is -0.502 e. The number of carbonyl (C=O) groups is 2. The van der Waals surface area contributed by atoms with Crippen LogP contribution in [0.5, 0.6) is 11.5 Å². The molecule has 3 rings (SSSR count). The van der Waals surface area contributed by atoms with Crippen molar-refractivity contribution in [2.45, 2.75) is 6.42 Å². The van der Waals surface area contributed by atoms with Gasteiger partial charge in [-0.2, -0.15) is 0 Å². The Kier molecular flexibility index (Phi) is 4.93. The molecule has 0 aliphatic carbocycles. The standard InChI is InChI=1S/C20H19NO5/c1-25-15-9-8-14(12-16(15)26-2)17-18(22)20(24)21(19(17)23)11-10-13-6-4-3-5-7-13/h3-9,12,22H,10-11H2,1-2H3. The maximum Gasteiger partial charge on any atom is 0.296 e. The normalized spacial score (nSPS) is 14.2. The zero-order chi connectivity index (χ0) is 18.7. The van der Waals surface area contributed by atoms with Gasteiger partial charge in [-0.3, -0.25) is 14.5 Å². The highest BCUT2D eigenvalue weighted by atomic mass is 16.5. The molecule has 1 aliphatic heterocycles. The lowest BCUT2D eigenvalue weighted by Crippen LogP contribution is -2.33. The van der Waals surface area contributed by atoms with Crippen LogP contribution >= 0.6 is 0 Å². The molecule has 0 spiro atoms. The fourth-order valence-electron chi connectivity index (χ4n) is 2.90. The van der Waals surface area contributed by atoms with Crippen LogP contribution in [-0.4, -0.2) is 42.6 Å². The summed E-state index contributed by atoms with van der Waals surface area (Å²) in [7, 11) is 2.98. The van der Waals surface area contributed by atoms with E-state index in [1.54, 1.807) is 18.2 Å². The Bertz CT molecular complexity index is 873. The molecule has 26 heavy (non-hydrogen) atoms. The highest BCUT2D eigenvalue weighted by Gasteiger charge is 2.39. The number of benzene rings is 2. The van der Waals surface area contributed by atoms with Gasteiger partial charge in [0.1, 0.15) is 0 Å². The molecule has 1 N–H and O–H groups in total. The second-order valence-corrected chi connectivity index (χ2v) is 5.79. The zero-order valence-corrected chi connectivity index (χ0v) is 14.6. The molecule has 6 nitrogen and oxygen atoms in total. The van der Waals surface area contributed by atoms with Crippen molar-refractivity contribution in [3.8, 4) is 11.5 Å². The number of aliphatic hydroxyl groups is 1. The third-order valence-corrected chi connectivity index (χ3v) is 4.28. The third-order valence-electron chi connectivity index (χ3n) is 4.28. The van der Waals surface area contributed by atoms with E-state index in [0.717, 1.165) is 10.5 Å². The highest BCUT2D eigenvalue weighted by molar-refractivity contribution is 6.34. The van der Waals surface area contributed by atoms with Crippen molar-refractivity contribution in [3.05, 3.63) is 65.4 Å². The SMILES string of the molecule is COc1ccc(C2=C(O)C(=O)N(CCc3ccccc3)C2=O)cc1OC. The van der Waals surface area contributed by atoms with Crippen LogP contribution < -0.4 is 9.47 Å². The Morgan fingerprint density at radius 1 is 0.923 bits per heavy atom. The minimum absolute atomic E-state index is 0.0241. The minimum atomic E-state index is -0.685.